The molecular weight excluding hydrogens is 473 g/mol. The third-order valence-electron chi connectivity index (χ3n) is 6.67. The van der Waals surface area contributed by atoms with Crippen LogP contribution in [0, 0.1) is 5.82 Å². The van der Waals surface area contributed by atoms with Gasteiger partial charge in [0.25, 0.3) is 0 Å². The average molecular weight is 506 g/mol. The van der Waals surface area contributed by atoms with E-state index >= 15 is 4.39 Å². The van der Waals surface area contributed by atoms with Crippen LogP contribution in [0.15, 0.2) is 48.7 Å². The van der Waals surface area contributed by atoms with E-state index in [4.69, 9.17) is 0 Å². The third-order valence-corrected chi connectivity index (χ3v) is 6.67. The minimum Gasteiger partial charge on any atom is -0.396 e. The summed E-state index contributed by atoms with van der Waals surface area (Å²) in [6.07, 6.45) is 1.52. The standard InChI is InChI=1S/C27H32FN7O2/c1-27(2,37)22-5-4-6-23(31-22)35-21(11-16-36)24(28)20-17-29-26(32-25(20)35)30-18-7-9-19(10-8-18)34-14-12-33(3)13-15-34/h4-10,17,36-37H,11-16H2,1-3H3,(H,29,30,32). The van der Waals surface area contributed by atoms with Crippen molar-refractivity contribution in [3.8, 4) is 5.82 Å². The fraction of sp³-hybridized carbons (Fsp3) is 0.370. The van der Waals surface area contributed by atoms with Crippen molar-refractivity contribution >= 4 is 28.4 Å². The summed E-state index contributed by atoms with van der Waals surface area (Å²) in [5.74, 6) is 0.216. The van der Waals surface area contributed by atoms with E-state index < -0.39 is 11.4 Å². The van der Waals surface area contributed by atoms with Crippen LogP contribution in [-0.4, -0.2) is 74.5 Å². The summed E-state index contributed by atoms with van der Waals surface area (Å²) in [6.45, 7) is 7.10. The zero-order chi connectivity index (χ0) is 26.2. The first-order valence-corrected chi connectivity index (χ1v) is 12.4. The van der Waals surface area contributed by atoms with Crippen molar-refractivity contribution < 1.29 is 14.6 Å². The van der Waals surface area contributed by atoms with Crippen molar-refractivity contribution in [2.24, 2.45) is 0 Å². The fourth-order valence-electron chi connectivity index (χ4n) is 4.55. The van der Waals surface area contributed by atoms with Gasteiger partial charge in [-0.25, -0.2) is 14.4 Å². The lowest BCUT2D eigenvalue weighted by atomic mass is 10.1. The van der Waals surface area contributed by atoms with Crippen LogP contribution >= 0.6 is 0 Å². The van der Waals surface area contributed by atoms with Crippen LogP contribution in [0.5, 0.6) is 0 Å². The Morgan fingerprint density at radius 3 is 2.43 bits per heavy atom. The molecule has 1 aliphatic heterocycles. The van der Waals surface area contributed by atoms with E-state index in [-0.39, 0.29) is 24.1 Å². The van der Waals surface area contributed by atoms with Crippen LogP contribution in [-0.2, 0) is 12.0 Å². The number of pyridine rings is 1. The highest BCUT2D eigenvalue weighted by Crippen LogP contribution is 2.29. The first-order valence-electron chi connectivity index (χ1n) is 12.4. The monoisotopic (exact) mass is 505 g/mol. The number of hydrogen-bond donors (Lipinski definition) is 3. The summed E-state index contributed by atoms with van der Waals surface area (Å²) in [5, 5.41) is 23.5. The van der Waals surface area contributed by atoms with E-state index in [9.17, 15) is 10.2 Å². The number of fused-ring (bicyclic) bond motifs is 1. The Kier molecular flexibility index (Phi) is 6.80. The molecule has 0 aliphatic carbocycles. The number of benzene rings is 1. The maximum atomic E-state index is 15.4. The van der Waals surface area contributed by atoms with E-state index in [1.165, 1.54) is 6.20 Å². The first kappa shape index (κ1) is 25.1. The van der Waals surface area contributed by atoms with Gasteiger partial charge >= 0.3 is 0 Å². The first-order chi connectivity index (χ1) is 17.7. The molecule has 0 spiro atoms. The number of nitrogens with one attached hydrogen (secondary N) is 1. The van der Waals surface area contributed by atoms with Gasteiger partial charge in [-0.3, -0.25) is 4.57 Å². The number of piperazine rings is 1. The zero-order valence-corrected chi connectivity index (χ0v) is 21.3. The molecule has 1 aromatic carbocycles. The summed E-state index contributed by atoms with van der Waals surface area (Å²) in [4.78, 5) is 18.2. The van der Waals surface area contributed by atoms with Gasteiger partial charge < -0.3 is 25.3 Å². The van der Waals surface area contributed by atoms with Crippen LogP contribution in [0.4, 0.5) is 21.7 Å². The number of rotatable bonds is 7. The third kappa shape index (κ3) is 5.13. The van der Waals surface area contributed by atoms with E-state index in [1.54, 1.807) is 36.6 Å². The molecule has 37 heavy (non-hydrogen) atoms. The Balaban J connectivity index is 1.49. The van der Waals surface area contributed by atoms with Crippen molar-refractivity contribution in [2.75, 3.05) is 50.1 Å². The number of likely N-dealkylation sites (N-methyl/N-ethyl adjacent to an activating group) is 1. The number of anilines is 3. The second kappa shape index (κ2) is 10.0. The van der Waals surface area contributed by atoms with Crippen LogP contribution in [0.25, 0.3) is 16.9 Å². The Hall–Kier alpha value is -3.60. The smallest absolute Gasteiger partial charge is 0.229 e. The maximum absolute atomic E-state index is 15.4. The molecule has 194 valence electrons. The highest BCUT2D eigenvalue weighted by Gasteiger charge is 2.24. The summed E-state index contributed by atoms with van der Waals surface area (Å²) in [7, 11) is 2.14. The van der Waals surface area contributed by atoms with Crippen LogP contribution in [0.1, 0.15) is 25.2 Å². The number of nitrogens with zero attached hydrogens (tertiary/aromatic N) is 6. The van der Waals surface area contributed by atoms with Crippen molar-refractivity contribution in [2.45, 2.75) is 25.9 Å². The molecule has 4 heterocycles. The molecule has 3 N–H and O–H groups in total. The number of aliphatic hydroxyl groups excluding tert-OH is 1. The lowest BCUT2D eigenvalue weighted by Crippen LogP contribution is -2.44. The second-order valence-corrected chi connectivity index (χ2v) is 9.90. The summed E-state index contributed by atoms with van der Waals surface area (Å²) < 4.78 is 17.0. The van der Waals surface area contributed by atoms with Crippen molar-refractivity contribution in [3.63, 3.8) is 0 Å². The molecule has 5 rings (SSSR count). The number of aromatic nitrogens is 4. The minimum absolute atomic E-state index is 0.0765. The average Bonchev–Trinajstić information content (AvgIpc) is 3.15. The van der Waals surface area contributed by atoms with Crippen molar-refractivity contribution in [3.05, 3.63) is 65.9 Å². The van der Waals surface area contributed by atoms with Gasteiger partial charge in [-0.1, -0.05) is 6.07 Å². The van der Waals surface area contributed by atoms with Gasteiger partial charge in [-0.05, 0) is 57.3 Å². The van der Waals surface area contributed by atoms with Gasteiger partial charge in [-0.2, -0.15) is 4.98 Å². The SMILES string of the molecule is CN1CCN(c2ccc(Nc3ncc4c(F)c(CCO)n(-c5cccc(C(C)(C)O)n5)c4n3)cc2)CC1. The molecule has 1 aliphatic rings. The van der Waals surface area contributed by atoms with Gasteiger partial charge in [-0.15, -0.1) is 0 Å². The Morgan fingerprint density at radius 2 is 1.76 bits per heavy atom. The molecule has 4 aromatic rings. The molecular formula is C27H32FN7O2. The largest absolute Gasteiger partial charge is 0.396 e. The highest BCUT2D eigenvalue weighted by molar-refractivity contribution is 5.81. The predicted octanol–water partition coefficient (Wildman–Crippen LogP) is 3.21. The van der Waals surface area contributed by atoms with Crippen LogP contribution < -0.4 is 10.2 Å². The van der Waals surface area contributed by atoms with Gasteiger partial charge in [0.15, 0.2) is 11.5 Å². The van der Waals surface area contributed by atoms with Crippen LogP contribution in [0.2, 0.25) is 0 Å². The fourth-order valence-corrected chi connectivity index (χ4v) is 4.55. The molecule has 0 atom stereocenters. The summed E-state index contributed by atoms with van der Waals surface area (Å²) >= 11 is 0. The maximum Gasteiger partial charge on any atom is 0.229 e. The summed E-state index contributed by atoms with van der Waals surface area (Å²) in [5.41, 5.74) is 1.82. The molecule has 10 heteroatoms. The molecule has 0 amide bonds. The quantitative estimate of drug-likeness (QED) is 0.352. The molecule has 0 radical (unpaired) electrons. The zero-order valence-electron chi connectivity index (χ0n) is 21.3. The van der Waals surface area contributed by atoms with E-state index in [0.29, 0.717) is 23.1 Å². The minimum atomic E-state index is -1.17. The number of halogens is 1. The number of aliphatic hydroxyl groups is 2. The molecule has 1 saturated heterocycles. The number of hydrogen-bond acceptors (Lipinski definition) is 8. The van der Waals surface area contributed by atoms with Crippen molar-refractivity contribution in [1.29, 1.82) is 0 Å². The molecule has 3 aromatic heterocycles. The van der Waals surface area contributed by atoms with Crippen molar-refractivity contribution in [1.82, 2.24) is 24.4 Å². The molecule has 1 fully saturated rings. The van der Waals surface area contributed by atoms with Gasteiger partial charge in [0.05, 0.1) is 16.8 Å². The van der Waals surface area contributed by atoms with Crippen LogP contribution in [0.3, 0.4) is 0 Å². The van der Waals surface area contributed by atoms with E-state index in [0.717, 1.165) is 37.6 Å². The Morgan fingerprint density at radius 1 is 1.03 bits per heavy atom. The predicted molar refractivity (Wildman–Crippen MR) is 142 cm³/mol. The molecule has 0 saturated carbocycles. The lowest BCUT2D eigenvalue weighted by molar-refractivity contribution is 0.0738. The normalized spacial score (nSPS) is 14.9. The van der Waals surface area contributed by atoms with Gasteiger partial charge in [0.1, 0.15) is 11.4 Å². The Bertz CT molecular complexity index is 1390. The lowest BCUT2D eigenvalue weighted by Gasteiger charge is -2.34. The second-order valence-electron chi connectivity index (χ2n) is 9.90. The highest BCUT2D eigenvalue weighted by atomic mass is 19.1. The molecule has 9 nitrogen and oxygen atoms in total. The topological polar surface area (TPSA) is 103 Å². The van der Waals surface area contributed by atoms with Gasteiger partial charge in [0.2, 0.25) is 5.95 Å². The molecule has 0 bridgehead atoms. The molecule has 0 unspecified atom stereocenters. The van der Waals surface area contributed by atoms with E-state index in [2.05, 4.69) is 49.2 Å². The Labute approximate surface area is 215 Å². The van der Waals surface area contributed by atoms with E-state index in [1.807, 2.05) is 12.1 Å². The van der Waals surface area contributed by atoms with Gasteiger partial charge in [0, 0.05) is 56.8 Å². The summed E-state index contributed by atoms with van der Waals surface area (Å²) in [6, 6.07) is 13.3.